The van der Waals surface area contributed by atoms with Gasteiger partial charge in [0.1, 0.15) is 0 Å². The van der Waals surface area contributed by atoms with Crippen LogP contribution in [0, 0.1) is 6.92 Å². The van der Waals surface area contributed by atoms with Crippen LogP contribution in [0.1, 0.15) is 49.4 Å². The van der Waals surface area contributed by atoms with E-state index >= 15 is 0 Å². The molecule has 5 heterocycles. The van der Waals surface area contributed by atoms with Gasteiger partial charge in [-0.15, -0.1) is 10.2 Å². The maximum Gasteiger partial charge on any atom is 0.294 e. The molecule has 0 atom stereocenters. The number of carbonyl (C=O) groups is 2. The predicted octanol–water partition coefficient (Wildman–Crippen LogP) is 3.29. The highest BCUT2D eigenvalue weighted by atomic mass is 16.2. The summed E-state index contributed by atoms with van der Waals surface area (Å²) in [7, 11) is 1.86. The number of fused-ring (bicyclic) bond motifs is 1. The Kier molecular flexibility index (Phi) is 6.46. The zero-order valence-electron chi connectivity index (χ0n) is 21.5. The lowest BCUT2D eigenvalue weighted by Gasteiger charge is -2.31. The van der Waals surface area contributed by atoms with Gasteiger partial charge in [0, 0.05) is 43.5 Å². The smallest absolute Gasteiger partial charge is 0.294 e. The van der Waals surface area contributed by atoms with Gasteiger partial charge in [0.05, 0.1) is 29.5 Å². The quantitative estimate of drug-likeness (QED) is 0.398. The van der Waals surface area contributed by atoms with Crippen molar-refractivity contribution in [3.8, 4) is 11.1 Å². The molecule has 4 aromatic rings. The Morgan fingerprint density at radius 2 is 1.95 bits per heavy atom. The molecule has 2 N–H and O–H groups in total. The molecule has 0 aromatic carbocycles. The molecule has 1 saturated heterocycles. The molecule has 0 saturated carbocycles. The highest BCUT2D eigenvalue weighted by molar-refractivity contribution is 6.03. The lowest BCUT2D eigenvalue weighted by atomic mass is 10.0. The number of nitrogens with zero attached hydrogens (tertiary/aromatic N) is 7. The molecule has 37 heavy (non-hydrogen) atoms. The van der Waals surface area contributed by atoms with Crippen molar-refractivity contribution < 1.29 is 9.59 Å². The largest absolute Gasteiger partial charge is 0.325 e. The average molecular weight is 502 g/mol. The SMILES string of the molecule is Cc1ncc(NC(=O)CCN2CCCC2(C)C)cc1NC(=O)c1nnc2cc(-c3cnn(C)c3)ccn12. The molecule has 5 rings (SSSR count). The molecule has 1 aliphatic rings. The second-order valence-corrected chi connectivity index (χ2v) is 10.1. The second kappa shape index (κ2) is 9.74. The first-order chi connectivity index (χ1) is 17.7. The van der Waals surface area contributed by atoms with E-state index in [2.05, 4.69) is 49.7 Å². The summed E-state index contributed by atoms with van der Waals surface area (Å²) in [6.45, 7) is 7.96. The third-order valence-corrected chi connectivity index (χ3v) is 6.95. The molecule has 11 nitrogen and oxygen atoms in total. The third-order valence-electron chi connectivity index (χ3n) is 6.95. The van der Waals surface area contributed by atoms with Crippen molar-refractivity contribution in [2.24, 2.45) is 7.05 Å². The first-order valence-corrected chi connectivity index (χ1v) is 12.4. The van der Waals surface area contributed by atoms with E-state index in [1.54, 1.807) is 40.7 Å². The molecule has 0 spiro atoms. The Morgan fingerprint density at radius 3 is 2.68 bits per heavy atom. The molecule has 0 unspecified atom stereocenters. The summed E-state index contributed by atoms with van der Waals surface area (Å²) in [4.78, 5) is 32.4. The van der Waals surface area contributed by atoms with Crippen LogP contribution in [0.2, 0.25) is 0 Å². The number of aromatic nitrogens is 6. The van der Waals surface area contributed by atoms with Gasteiger partial charge in [-0.2, -0.15) is 5.10 Å². The number of hydrogen-bond donors (Lipinski definition) is 2. The standard InChI is InChI=1S/C26H31N9O2/c1-17-21(13-20(15-27-17)29-23(36)7-10-34-9-5-8-26(34,2)3)30-25(37)24-32-31-22-12-18(6-11-35(22)24)19-14-28-33(4)16-19/h6,11-16H,5,7-10H2,1-4H3,(H,29,36)(H,30,37). The van der Waals surface area contributed by atoms with Crippen LogP contribution in [0.4, 0.5) is 11.4 Å². The molecule has 11 heteroatoms. The maximum absolute atomic E-state index is 13.1. The van der Waals surface area contributed by atoms with Gasteiger partial charge in [-0.1, -0.05) is 0 Å². The Labute approximate surface area is 214 Å². The van der Waals surface area contributed by atoms with E-state index in [1.165, 1.54) is 0 Å². The molecule has 0 aliphatic carbocycles. The van der Waals surface area contributed by atoms with Crippen molar-refractivity contribution in [2.45, 2.75) is 45.6 Å². The Morgan fingerprint density at radius 1 is 1.11 bits per heavy atom. The van der Waals surface area contributed by atoms with Crippen molar-refractivity contribution in [3.63, 3.8) is 0 Å². The number of likely N-dealkylation sites (tertiary alicyclic amines) is 1. The van der Waals surface area contributed by atoms with Gasteiger partial charge in [-0.3, -0.25) is 28.6 Å². The van der Waals surface area contributed by atoms with Crippen LogP contribution in [0.3, 0.4) is 0 Å². The van der Waals surface area contributed by atoms with Crippen LogP contribution >= 0.6 is 0 Å². The molecule has 0 bridgehead atoms. The van der Waals surface area contributed by atoms with E-state index in [4.69, 9.17) is 0 Å². The molecule has 1 fully saturated rings. The number of nitrogens with one attached hydrogen (secondary N) is 2. The van der Waals surface area contributed by atoms with Crippen molar-refractivity contribution in [3.05, 3.63) is 54.5 Å². The second-order valence-electron chi connectivity index (χ2n) is 10.1. The molecular weight excluding hydrogens is 470 g/mol. The van der Waals surface area contributed by atoms with Crippen molar-refractivity contribution in [2.75, 3.05) is 23.7 Å². The minimum absolute atomic E-state index is 0.0847. The maximum atomic E-state index is 13.1. The lowest BCUT2D eigenvalue weighted by Crippen LogP contribution is -2.39. The number of aryl methyl sites for hydroxylation is 2. The monoisotopic (exact) mass is 501 g/mol. The Hall–Kier alpha value is -4.12. The van der Waals surface area contributed by atoms with E-state index < -0.39 is 5.91 Å². The van der Waals surface area contributed by atoms with Crippen molar-refractivity contribution >= 4 is 28.8 Å². The summed E-state index contributed by atoms with van der Waals surface area (Å²) >= 11 is 0. The number of amides is 2. The average Bonchev–Trinajstić information content (AvgIpc) is 3.57. The van der Waals surface area contributed by atoms with Crippen LogP contribution in [-0.4, -0.2) is 64.7 Å². The summed E-state index contributed by atoms with van der Waals surface area (Å²) in [5, 5.41) is 18.2. The van der Waals surface area contributed by atoms with E-state index in [9.17, 15) is 9.59 Å². The fourth-order valence-corrected chi connectivity index (χ4v) is 4.74. The minimum atomic E-state index is -0.425. The van der Waals surface area contributed by atoms with E-state index in [0.29, 0.717) is 35.7 Å². The number of hydrogen-bond acceptors (Lipinski definition) is 7. The van der Waals surface area contributed by atoms with Gasteiger partial charge >= 0.3 is 0 Å². The number of rotatable bonds is 7. The van der Waals surface area contributed by atoms with Crippen LogP contribution in [0.25, 0.3) is 16.8 Å². The van der Waals surface area contributed by atoms with Crippen LogP contribution in [0.5, 0.6) is 0 Å². The van der Waals surface area contributed by atoms with Gasteiger partial charge in [0.15, 0.2) is 5.65 Å². The summed E-state index contributed by atoms with van der Waals surface area (Å²) in [6, 6.07) is 5.45. The van der Waals surface area contributed by atoms with E-state index in [0.717, 1.165) is 30.5 Å². The van der Waals surface area contributed by atoms with Gasteiger partial charge < -0.3 is 10.6 Å². The normalized spacial score (nSPS) is 15.2. The highest BCUT2D eigenvalue weighted by Crippen LogP contribution is 2.28. The zero-order valence-corrected chi connectivity index (χ0v) is 21.5. The molecule has 1 aliphatic heterocycles. The third kappa shape index (κ3) is 5.21. The first-order valence-electron chi connectivity index (χ1n) is 12.4. The van der Waals surface area contributed by atoms with Crippen LogP contribution in [0.15, 0.2) is 43.0 Å². The number of anilines is 2. The van der Waals surface area contributed by atoms with Crippen molar-refractivity contribution in [1.82, 2.24) is 34.3 Å². The van der Waals surface area contributed by atoms with Gasteiger partial charge in [0.25, 0.3) is 5.91 Å². The highest BCUT2D eigenvalue weighted by Gasteiger charge is 2.31. The Balaban J connectivity index is 1.26. The predicted molar refractivity (Wildman–Crippen MR) is 140 cm³/mol. The van der Waals surface area contributed by atoms with Gasteiger partial charge in [-0.25, -0.2) is 0 Å². The van der Waals surface area contributed by atoms with E-state index in [1.807, 2.05) is 25.4 Å². The molecule has 2 amide bonds. The summed E-state index contributed by atoms with van der Waals surface area (Å²) in [6.07, 6.45) is 9.73. The molecule has 0 radical (unpaired) electrons. The molecule has 4 aromatic heterocycles. The fraction of sp³-hybridized carbons (Fsp3) is 0.385. The van der Waals surface area contributed by atoms with Crippen molar-refractivity contribution in [1.29, 1.82) is 0 Å². The minimum Gasteiger partial charge on any atom is -0.325 e. The summed E-state index contributed by atoms with van der Waals surface area (Å²) in [5.41, 5.74) is 4.20. The van der Waals surface area contributed by atoms with Gasteiger partial charge in [0.2, 0.25) is 11.7 Å². The topological polar surface area (TPSA) is 122 Å². The lowest BCUT2D eigenvalue weighted by molar-refractivity contribution is -0.116. The zero-order chi connectivity index (χ0) is 26.2. The summed E-state index contributed by atoms with van der Waals surface area (Å²) < 4.78 is 3.35. The van der Waals surface area contributed by atoms with E-state index in [-0.39, 0.29) is 17.3 Å². The number of carbonyl (C=O) groups excluding carboxylic acids is 2. The van der Waals surface area contributed by atoms with Crippen LogP contribution in [-0.2, 0) is 11.8 Å². The fourth-order valence-electron chi connectivity index (χ4n) is 4.74. The molecular formula is C26H31N9O2. The first kappa shape index (κ1) is 24.6. The Bertz CT molecular complexity index is 1470. The van der Waals surface area contributed by atoms with Crippen LogP contribution < -0.4 is 10.6 Å². The summed E-state index contributed by atoms with van der Waals surface area (Å²) in [5.74, 6) is -0.362. The number of pyridine rings is 2. The molecule has 192 valence electrons. The van der Waals surface area contributed by atoms with Gasteiger partial charge in [-0.05, 0) is 63.9 Å².